The molecule has 1 saturated heterocycles. The topological polar surface area (TPSA) is 51.2 Å². The summed E-state index contributed by atoms with van der Waals surface area (Å²) in [7, 11) is 0. The third kappa shape index (κ3) is 3.34. The first-order valence-corrected chi connectivity index (χ1v) is 6.57. The Bertz CT molecular complexity index is 427. The Labute approximate surface area is 116 Å². The van der Waals surface area contributed by atoms with Crippen LogP contribution in [0.4, 0.5) is 0 Å². The largest absolute Gasteiger partial charge is 0.376 e. The van der Waals surface area contributed by atoms with Gasteiger partial charge in [-0.3, -0.25) is 4.79 Å². The molecule has 6 heteroatoms. The predicted molar refractivity (Wildman–Crippen MR) is 70.2 cm³/mol. The van der Waals surface area contributed by atoms with E-state index in [9.17, 15) is 4.79 Å². The zero-order chi connectivity index (χ0) is 13.1. The third-order valence-electron chi connectivity index (χ3n) is 2.91. The number of pyridine rings is 1. The fourth-order valence-electron chi connectivity index (χ4n) is 1.98. The summed E-state index contributed by atoms with van der Waals surface area (Å²) in [5.41, 5.74) is 0.407. The van der Waals surface area contributed by atoms with Gasteiger partial charge in [0, 0.05) is 12.2 Å². The Balaban J connectivity index is 2.02. The van der Waals surface area contributed by atoms with E-state index >= 15 is 0 Å². The second-order valence-corrected chi connectivity index (χ2v) is 5.09. The molecule has 0 aromatic carbocycles. The van der Waals surface area contributed by atoms with E-state index in [1.807, 2.05) is 6.92 Å². The van der Waals surface area contributed by atoms with Crippen LogP contribution in [-0.4, -0.2) is 29.6 Å². The molecule has 0 aliphatic carbocycles. The standard InChI is InChI=1S/C12H14Cl2N2O2/c1-7(9-3-2-4-18-9)15-12(17)8-5-10(13)16-11(14)6-8/h5-7,9H,2-4H2,1H3,(H,15,17)/t7-,9+/m1/s1. The van der Waals surface area contributed by atoms with Gasteiger partial charge in [0.15, 0.2) is 0 Å². The molecule has 1 aromatic rings. The average molecular weight is 289 g/mol. The zero-order valence-corrected chi connectivity index (χ0v) is 11.5. The zero-order valence-electron chi connectivity index (χ0n) is 9.95. The van der Waals surface area contributed by atoms with Crippen LogP contribution in [0, 0.1) is 0 Å². The van der Waals surface area contributed by atoms with Crippen LogP contribution in [-0.2, 0) is 4.74 Å². The Morgan fingerprint density at radius 3 is 2.72 bits per heavy atom. The van der Waals surface area contributed by atoms with Crippen molar-refractivity contribution in [2.75, 3.05) is 6.61 Å². The number of hydrogen-bond acceptors (Lipinski definition) is 3. The number of carbonyl (C=O) groups is 1. The number of aromatic nitrogens is 1. The van der Waals surface area contributed by atoms with Crippen LogP contribution < -0.4 is 5.32 Å². The molecule has 4 nitrogen and oxygen atoms in total. The normalized spacial score (nSPS) is 20.7. The lowest BCUT2D eigenvalue weighted by atomic mass is 10.1. The number of carbonyl (C=O) groups excluding carboxylic acids is 1. The van der Waals surface area contributed by atoms with Gasteiger partial charge in [-0.05, 0) is 31.9 Å². The Kier molecular flexibility index (Phi) is 4.43. The number of nitrogens with one attached hydrogen (secondary N) is 1. The van der Waals surface area contributed by atoms with Gasteiger partial charge in [0.25, 0.3) is 5.91 Å². The van der Waals surface area contributed by atoms with Crippen molar-refractivity contribution in [1.29, 1.82) is 0 Å². The molecule has 1 aromatic heterocycles. The van der Waals surface area contributed by atoms with Crippen LogP contribution >= 0.6 is 23.2 Å². The minimum absolute atomic E-state index is 0.0364. The van der Waals surface area contributed by atoms with Crippen LogP contribution in [0.1, 0.15) is 30.1 Å². The number of ether oxygens (including phenoxy) is 1. The summed E-state index contributed by atoms with van der Waals surface area (Å²) in [6, 6.07) is 2.95. The molecule has 0 unspecified atom stereocenters. The first-order chi connectivity index (χ1) is 8.56. The highest BCUT2D eigenvalue weighted by Gasteiger charge is 2.24. The van der Waals surface area contributed by atoms with Crippen molar-refractivity contribution in [3.8, 4) is 0 Å². The van der Waals surface area contributed by atoms with E-state index in [0.717, 1.165) is 19.4 Å². The van der Waals surface area contributed by atoms with Crippen molar-refractivity contribution < 1.29 is 9.53 Å². The van der Waals surface area contributed by atoms with Crippen LogP contribution in [0.5, 0.6) is 0 Å². The van der Waals surface area contributed by atoms with Gasteiger partial charge in [0.05, 0.1) is 12.1 Å². The molecule has 1 aliphatic rings. The number of rotatable bonds is 3. The molecule has 0 saturated carbocycles. The minimum Gasteiger partial charge on any atom is -0.376 e. The highest BCUT2D eigenvalue weighted by Crippen LogP contribution is 2.17. The number of halogens is 2. The maximum atomic E-state index is 12.0. The summed E-state index contributed by atoms with van der Waals surface area (Å²) >= 11 is 11.5. The van der Waals surface area contributed by atoms with E-state index in [1.54, 1.807) is 0 Å². The molecule has 0 spiro atoms. The van der Waals surface area contributed by atoms with Gasteiger partial charge < -0.3 is 10.1 Å². The van der Waals surface area contributed by atoms with Gasteiger partial charge in [0.2, 0.25) is 0 Å². The van der Waals surface area contributed by atoms with Crippen molar-refractivity contribution in [3.63, 3.8) is 0 Å². The summed E-state index contributed by atoms with van der Waals surface area (Å²) in [6.45, 7) is 2.69. The van der Waals surface area contributed by atoms with Crippen LogP contribution in [0.2, 0.25) is 10.3 Å². The van der Waals surface area contributed by atoms with Gasteiger partial charge >= 0.3 is 0 Å². The van der Waals surface area contributed by atoms with E-state index in [-0.39, 0.29) is 28.4 Å². The third-order valence-corrected chi connectivity index (χ3v) is 3.29. The molecular formula is C12H14Cl2N2O2. The van der Waals surface area contributed by atoms with Crippen LogP contribution in [0.3, 0.4) is 0 Å². The number of hydrogen-bond donors (Lipinski definition) is 1. The molecule has 1 N–H and O–H groups in total. The number of nitrogens with zero attached hydrogens (tertiary/aromatic N) is 1. The Morgan fingerprint density at radius 1 is 1.50 bits per heavy atom. The van der Waals surface area contributed by atoms with Crippen molar-refractivity contribution in [2.45, 2.75) is 31.9 Å². The lowest BCUT2D eigenvalue weighted by Gasteiger charge is -2.20. The van der Waals surface area contributed by atoms with Gasteiger partial charge in [-0.2, -0.15) is 0 Å². The summed E-state index contributed by atoms with van der Waals surface area (Å²) in [4.78, 5) is 15.8. The average Bonchev–Trinajstić information content (AvgIpc) is 2.80. The Morgan fingerprint density at radius 2 is 2.17 bits per heavy atom. The molecule has 1 amide bonds. The van der Waals surface area contributed by atoms with Crippen LogP contribution in [0.25, 0.3) is 0 Å². The van der Waals surface area contributed by atoms with Crippen molar-refractivity contribution >= 4 is 29.1 Å². The van der Waals surface area contributed by atoms with Gasteiger partial charge in [0.1, 0.15) is 10.3 Å². The molecule has 1 aliphatic heterocycles. The van der Waals surface area contributed by atoms with Crippen LogP contribution in [0.15, 0.2) is 12.1 Å². The van der Waals surface area contributed by atoms with Gasteiger partial charge in [-0.25, -0.2) is 4.98 Å². The molecule has 2 heterocycles. The summed E-state index contributed by atoms with van der Waals surface area (Å²) in [6.07, 6.45) is 2.10. The summed E-state index contributed by atoms with van der Waals surface area (Å²) in [5.74, 6) is -0.218. The summed E-state index contributed by atoms with van der Waals surface area (Å²) < 4.78 is 5.52. The van der Waals surface area contributed by atoms with Crippen molar-refractivity contribution in [1.82, 2.24) is 10.3 Å². The fraction of sp³-hybridized carbons (Fsp3) is 0.500. The fourth-order valence-corrected chi connectivity index (χ4v) is 2.44. The first kappa shape index (κ1) is 13.6. The van der Waals surface area contributed by atoms with E-state index in [2.05, 4.69) is 10.3 Å². The smallest absolute Gasteiger partial charge is 0.251 e. The molecule has 2 rings (SSSR count). The molecule has 0 radical (unpaired) electrons. The second-order valence-electron chi connectivity index (χ2n) is 4.31. The maximum absolute atomic E-state index is 12.0. The monoisotopic (exact) mass is 288 g/mol. The highest BCUT2D eigenvalue weighted by molar-refractivity contribution is 6.33. The SMILES string of the molecule is C[C@@H](NC(=O)c1cc(Cl)nc(Cl)c1)[C@@H]1CCCO1. The maximum Gasteiger partial charge on any atom is 0.251 e. The van der Waals surface area contributed by atoms with Gasteiger partial charge in [-0.15, -0.1) is 0 Å². The van der Waals surface area contributed by atoms with E-state index in [4.69, 9.17) is 27.9 Å². The lowest BCUT2D eigenvalue weighted by Crippen LogP contribution is -2.40. The number of amides is 1. The van der Waals surface area contributed by atoms with E-state index in [1.165, 1.54) is 12.1 Å². The van der Waals surface area contributed by atoms with Gasteiger partial charge in [-0.1, -0.05) is 23.2 Å². The molecule has 2 atom stereocenters. The molecule has 0 bridgehead atoms. The van der Waals surface area contributed by atoms with Crippen molar-refractivity contribution in [2.24, 2.45) is 0 Å². The predicted octanol–water partition coefficient (Wildman–Crippen LogP) is 2.69. The van der Waals surface area contributed by atoms with Crippen molar-refractivity contribution in [3.05, 3.63) is 28.0 Å². The first-order valence-electron chi connectivity index (χ1n) is 5.82. The lowest BCUT2D eigenvalue weighted by molar-refractivity contribution is 0.0712. The second kappa shape index (κ2) is 5.87. The highest BCUT2D eigenvalue weighted by atomic mass is 35.5. The molecule has 1 fully saturated rings. The van der Waals surface area contributed by atoms with E-state index < -0.39 is 0 Å². The Hall–Kier alpha value is -0.840. The quantitative estimate of drug-likeness (QED) is 0.870. The molecule has 98 valence electrons. The minimum atomic E-state index is -0.218. The molecular weight excluding hydrogens is 275 g/mol. The van der Waals surface area contributed by atoms with E-state index in [0.29, 0.717) is 5.56 Å². The molecule has 18 heavy (non-hydrogen) atoms. The summed E-state index contributed by atoms with van der Waals surface area (Å²) in [5, 5.41) is 3.30.